The number of hydrogen-bond acceptors (Lipinski definition) is 6. The van der Waals surface area contributed by atoms with E-state index in [4.69, 9.17) is 9.72 Å². The van der Waals surface area contributed by atoms with Crippen LogP contribution in [0, 0.1) is 13.8 Å². The van der Waals surface area contributed by atoms with E-state index in [1.807, 2.05) is 12.1 Å². The molecule has 4 rings (SSSR count). The quantitative estimate of drug-likeness (QED) is 0.351. The number of anilines is 2. The number of rotatable bonds is 8. The molecule has 1 N–H and O–H groups in total. The zero-order valence-corrected chi connectivity index (χ0v) is 19.7. The van der Waals surface area contributed by atoms with Crippen LogP contribution in [0.3, 0.4) is 0 Å². The van der Waals surface area contributed by atoms with Crippen LogP contribution in [0.25, 0.3) is 0 Å². The number of nitrogens with zero attached hydrogens (tertiary/aromatic N) is 3. The SMILES string of the molecule is CCOC(=O)c1ccc(Nc2nc(Cc3ccc(C)cc3)nc(Cc3ccc(C)cc3)n2)cc1. The molecule has 0 unspecified atom stereocenters. The van der Waals surface area contributed by atoms with E-state index in [0.29, 0.717) is 42.6 Å². The molecule has 1 heterocycles. The average molecular weight is 453 g/mol. The van der Waals surface area contributed by atoms with E-state index >= 15 is 0 Å². The summed E-state index contributed by atoms with van der Waals surface area (Å²) in [5, 5.41) is 3.26. The molecule has 3 aromatic carbocycles. The van der Waals surface area contributed by atoms with Gasteiger partial charge in [-0.2, -0.15) is 9.97 Å². The highest BCUT2D eigenvalue weighted by Crippen LogP contribution is 2.17. The molecule has 172 valence electrons. The Kier molecular flexibility index (Phi) is 7.28. The number of aromatic nitrogens is 3. The minimum atomic E-state index is -0.338. The van der Waals surface area contributed by atoms with Gasteiger partial charge in [0.05, 0.1) is 12.2 Å². The van der Waals surface area contributed by atoms with Crippen molar-refractivity contribution >= 4 is 17.6 Å². The molecule has 0 atom stereocenters. The number of hydrogen-bond donors (Lipinski definition) is 1. The van der Waals surface area contributed by atoms with Crippen LogP contribution in [0.4, 0.5) is 11.6 Å². The molecule has 6 nitrogen and oxygen atoms in total. The van der Waals surface area contributed by atoms with Crippen LogP contribution >= 0.6 is 0 Å². The largest absolute Gasteiger partial charge is 0.462 e. The predicted octanol–water partition coefficient (Wildman–Crippen LogP) is 5.59. The van der Waals surface area contributed by atoms with E-state index in [9.17, 15) is 4.79 Å². The Bertz CT molecular complexity index is 1190. The molecule has 0 aliphatic rings. The zero-order chi connectivity index (χ0) is 23.9. The van der Waals surface area contributed by atoms with Crippen molar-refractivity contribution in [1.29, 1.82) is 0 Å². The number of carbonyl (C=O) groups excluding carboxylic acids is 1. The van der Waals surface area contributed by atoms with Gasteiger partial charge in [-0.05, 0) is 56.2 Å². The van der Waals surface area contributed by atoms with Crippen LogP contribution in [0.15, 0.2) is 72.8 Å². The minimum Gasteiger partial charge on any atom is -0.462 e. The van der Waals surface area contributed by atoms with Gasteiger partial charge in [-0.3, -0.25) is 0 Å². The lowest BCUT2D eigenvalue weighted by atomic mass is 10.1. The van der Waals surface area contributed by atoms with Crippen LogP contribution in [-0.2, 0) is 17.6 Å². The summed E-state index contributed by atoms with van der Waals surface area (Å²) >= 11 is 0. The van der Waals surface area contributed by atoms with Gasteiger partial charge in [0.15, 0.2) is 0 Å². The maximum Gasteiger partial charge on any atom is 0.338 e. The van der Waals surface area contributed by atoms with Gasteiger partial charge < -0.3 is 10.1 Å². The summed E-state index contributed by atoms with van der Waals surface area (Å²) in [6, 6.07) is 23.8. The van der Waals surface area contributed by atoms with Crippen LogP contribution in [-0.4, -0.2) is 27.5 Å². The van der Waals surface area contributed by atoms with E-state index in [-0.39, 0.29) is 5.97 Å². The molecule has 0 spiro atoms. The molecule has 0 fully saturated rings. The average Bonchev–Trinajstić information content (AvgIpc) is 2.83. The summed E-state index contributed by atoms with van der Waals surface area (Å²) in [6.45, 7) is 6.28. The number of aryl methyl sites for hydroxylation is 2. The van der Waals surface area contributed by atoms with Gasteiger partial charge >= 0.3 is 5.97 Å². The third-order valence-corrected chi connectivity index (χ3v) is 5.35. The fourth-order valence-electron chi connectivity index (χ4n) is 3.49. The Hall–Kier alpha value is -4.06. The summed E-state index contributed by atoms with van der Waals surface area (Å²) in [4.78, 5) is 26.0. The lowest BCUT2D eigenvalue weighted by Crippen LogP contribution is -2.09. The molecule has 4 aromatic rings. The summed E-state index contributed by atoms with van der Waals surface area (Å²) in [6.07, 6.45) is 1.22. The van der Waals surface area contributed by atoms with Gasteiger partial charge in [0.2, 0.25) is 5.95 Å². The van der Waals surface area contributed by atoms with Gasteiger partial charge in [0.25, 0.3) is 0 Å². The van der Waals surface area contributed by atoms with E-state index < -0.39 is 0 Å². The zero-order valence-electron chi connectivity index (χ0n) is 19.7. The monoisotopic (exact) mass is 452 g/mol. The second kappa shape index (κ2) is 10.7. The van der Waals surface area contributed by atoms with Crippen molar-refractivity contribution in [2.24, 2.45) is 0 Å². The number of ether oxygens (including phenoxy) is 1. The van der Waals surface area contributed by atoms with E-state index in [2.05, 4.69) is 77.7 Å². The molecular weight excluding hydrogens is 424 g/mol. The van der Waals surface area contributed by atoms with Crippen molar-refractivity contribution < 1.29 is 9.53 Å². The van der Waals surface area contributed by atoms with Gasteiger partial charge in [0.1, 0.15) is 11.6 Å². The molecule has 0 saturated carbocycles. The fourth-order valence-corrected chi connectivity index (χ4v) is 3.49. The molecule has 0 aliphatic heterocycles. The third-order valence-electron chi connectivity index (χ3n) is 5.35. The van der Waals surface area contributed by atoms with Crippen molar-refractivity contribution in [3.8, 4) is 0 Å². The first kappa shape index (κ1) is 23.1. The molecule has 0 saturated heterocycles. The second-order valence-electron chi connectivity index (χ2n) is 8.24. The van der Waals surface area contributed by atoms with E-state index in [1.54, 1.807) is 19.1 Å². The van der Waals surface area contributed by atoms with E-state index in [1.165, 1.54) is 11.1 Å². The first-order valence-corrected chi connectivity index (χ1v) is 11.4. The molecule has 34 heavy (non-hydrogen) atoms. The highest BCUT2D eigenvalue weighted by Gasteiger charge is 2.11. The lowest BCUT2D eigenvalue weighted by Gasteiger charge is -2.10. The Balaban J connectivity index is 1.59. The first-order valence-electron chi connectivity index (χ1n) is 11.4. The lowest BCUT2D eigenvalue weighted by molar-refractivity contribution is 0.0526. The Morgan fingerprint density at radius 2 is 1.24 bits per heavy atom. The third kappa shape index (κ3) is 6.25. The first-order chi connectivity index (χ1) is 16.5. The molecule has 6 heteroatoms. The van der Waals surface area contributed by atoms with Crippen molar-refractivity contribution in [1.82, 2.24) is 15.0 Å². The maximum atomic E-state index is 11.9. The summed E-state index contributed by atoms with van der Waals surface area (Å²) in [7, 11) is 0. The highest BCUT2D eigenvalue weighted by atomic mass is 16.5. The van der Waals surface area contributed by atoms with Gasteiger partial charge in [-0.15, -0.1) is 0 Å². The summed E-state index contributed by atoms with van der Waals surface area (Å²) in [5.41, 5.74) is 6.00. The van der Waals surface area contributed by atoms with Crippen molar-refractivity contribution in [3.63, 3.8) is 0 Å². The number of esters is 1. The smallest absolute Gasteiger partial charge is 0.338 e. The molecular formula is C28H28N4O2. The number of nitrogens with one attached hydrogen (secondary N) is 1. The molecule has 0 bridgehead atoms. The van der Waals surface area contributed by atoms with Crippen molar-refractivity contribution in [2.75, 3.05) is 11.9 Å². The standard InChI is InChI=1S/C28H28N4O2/c1-4-34-27(33)23-13-15-24(16-14-23)29-28-31-25(17-21-9-5-19(2)6-10-21)30-26(32-28)18-22-11-7-20(3)8-12-22/h5-16H,4,17-18H2,1-3H3,(H,29,30,31,32). The minimum absolute atomic E-state index is 0.338. The van der Waals surface area contributed by atoms with Gasteiger partial charge in [0, 0.05) is 18.5 Å². The summed E-state index contributed by atoms with van der Waals surface area (Å²) < 4.78 is 5.05. The van der Waals surface area contributed by atoms with Crippen LogP contribution in [0.2, 0.25) is 0 Å². The van der Waals surface area contributed by atoms with Crippen LogP contribution in [0.5, 0.6) is 0 Å². The fraction of sp³-hybridized carbons (Fsp3) is 0.214. The topological polar surface area (TPSA) is 77.0 Å². The van der Waals surface area contributed by atoms with Crippen LogP contribution in [0.1, 0.15) is 51.2 Å². The molecule has 1 aromatic heterocycles. The van der Waals surface area contributed by atoms with Gasteiger partial charge in [-0.1, -0.05) is 59.7 Å². The number of benzene rings is 3. The molecule has 0 radical (unpaired) electrons. The Labute approximate surface area is 200 Å². The Morgan fingerprint density at radius 3 is 1.71 bits per heavy atom. The second-order valence-corrected chi connectivity index (χ2v) is 8.24. The van der Waals surface area contributed by atoms with Crippen LogP contribution < -0.4 is 5.32 Å². The predicted molar refractivity (Wildman–Crippen MR) is 133 cm³/mol. The maximum absolute atomic E-state index is 11.9. The van der Waals surface area contributed by atoms with Crippen molar-refractivity contribution in [2.45, 2.75) is 33.6 Å². The van der Waals surface area contributed by atoms with Crippen molar-refractivity contribution in [3.05, 3.63) is 112 Å². The highest BCUT2D eigenvalue weighted by molar-refractivity contribution is 5.89. The molecule has 0 amide bonds. The van der Waals surface area contributed by atoms with Gasteiger partial charge in [-0.25, -0.2) is 9.78 Å². The normalized spacial score (nSPS) is 10.7. The number of carbonyl (C=O) groups is 1. The van der Waals surface area contributed by atoms with E-state index in [0.717, 1.165) is 16.8 Å². The Morgan fingerprint density at radius 1 is 0.735 bits per heavy atom. The molecule has 0 aliphatic carbocycles. The summed E-state index contributed by atoms with van der Waals surface area (Å²) in [5.74, 6) is 1.54.